The van der Waals surface area contributed by atoms with Gasteiger partial charge in [-0.15, -0.1) is 22.7 Å². The molecule has 2 aromatic heterocycles. The van der Waals surface area contributed by atoms with E-state index in [0.717, 1.165) is 9.40 Å². The zero-order valence-corrected chi connectivity index (χ0v) is 12.0. The molecule has 3 rings (SSSR count). The maximum absolute atomic E-state index is 13.2. The van der Waals surface area contributed by atoms with Crippen molar-refractivity contribution in [3.8, 4) is 0 Å². The Hall–Kier alpha value is -1.23. The highest BCUT2D eigenvalue weighted by Crippen LogP contribution is 2.31. The summed E-state index contributed by atoms with van der Waals surface area (Å²) in [6.07, 6.45) is 0.129. The smallest absolute Gasteiger partial charge is 0.177 e. The second-order valence-electron chi connectivity index (χ2n) is 4.10. The Labute approximate surface area is 122 Å². The van der Waals surface area contributed by atoms with E-state index < -0.39 is 0 Å². The molecule has 0 fully saturated rings. The number of rotatable bonds is 3. The molecular weight excluding hydrogens is 303 g/mol. The van der Waals surface area contributed by atoms with Crippen molar-refractivity contribution >= 4 is 49.5 Å². The lowest BCUT2D eigenvalue weighted by molar-refractivity contribution is 0.0997. The van der Waals surface area contributed by atoms with Crippen LogP contribution >= 0.6 is 34.3 Å². The fraction of sp³-hybridized carbons (Fsp3) is 0.0714. The maximum Gasteiger partial charge on any atom is 0.177 e. The van der Waals surface area contributed by atoms with Crippen LogP contribution in [0, 0.1) is 5.82 Å². The molecule has 0 amide bonds. The van der Waals surface area contributed by atoms with Gasteiger partial charge in [0.25, 0.3) is 0 Å². The molecule has 0 saturated heterocycles. The number of hydrogen-bond donors (Lipinski definition) is 0. The van der Waals surface area contributed by atoms with E-state index in [-0.39, 0.29) is 18.0 Å². The lowest BCUT2D eigenvalue weighted by Crippen LogP contribution is -2.02. The van der Waals surface area contributed by atoms with Gasteiger partial charge in [-0.25, -0.2) is 4.39 Å². The Balaban J connectivity index is 1.88. The first kappa shape index (κ1) is 12.8. The van der Waals surface area contributed by atoms with Crippen molar-refractivity contribution < 1.29 is 9.18 Å². The summed E-state index contributed by atoms with van der Waals surface area (Å²) in [6, 6.07) is 7.97. The maximum atomic E-state index is 13.2. The van der Waals surface area contributed by atoms with E-state index in [0.29, 0.717) is 15.5 Å². The molecule has 19 heavy (non-hydrogen) atoms. The summed E-state index contributed by atoms with van der Waals surface area (Å²) in [4.78, 5) is 12.9. The fourth-order valence-corrected chi connectivity index (χ4v) is 4.07. The van der Waals surface area contributed by atoms with Crippen LogP contribution in [-0.2, 0) is 6.42 Å². The SMILES string of the molecule is O=C(Cc1cc(F)ccc1Cl)c1cc2sccc2s1. The van der Waals surface area contributed by atoms with Gasteiger partial charge in [0.2, 0.25) is 0 Å². The Morgan fingerprint density at radius 3 is 2.84 bits per heavy atom. The molecule has 0 aliphatic rings. The van der Waals surface area contributed by atoms with E-state index in [1.165, 1.54) is 29.5 Å². The zero-order valence-electron chi connectivity index (χ0n) is 9.65. The number of thiophene rings is 2. The van der Waals surface area contributed by atoms with Crippen molar-refractivity contribution in [2.45, 2.75) is 6.42 Å². The van der Waals surface area contributed by atoms with Crippen LogP contribution in [0.2, 0.25) is 5.02 Å². The van der Waals surface area contributed by atoms with Gasteiger partial charge in [0.1, 0.15) is 5.82 Å². The molecule has 5 heteroatoms. The normalized spacial score (nSPS) is 11.1. The first-order valence-electron chi connectivity index (χ1n) is 5.57. The summed E-state index contributed by atoms with van der Waals surface area (Å²) in [5.41, 5.74) is 0.531. The van der Waals surface area contributed by atoms with Crippen LogP contribution in [0.1, 0.15) is 15.2 Å². The van der Waals surface area contributed by atoms with Gasteiger partial charge < -0.3 is 0 Å². The highest BCUT2D eigenvalue weighted by Gasteiger charge is 2.14. The molecule has 2 heterocycles. The molecule has 0 radical (unpaired) electrons. The van der Waals surface area contributed by atoms with Gasteiger partial charge in [0.15, 0.2) is 5.78 Å². The van der Waals surface area contributed by atoms with Crippen LogP contribution in [0.3, 0.4) is 0 Å². The Kier molecular flexibility index (Phi) is 3.39. The van der Waals surface area contributed by atoms with Gasteiger partial charge in [0.05, 0.1) is 4.88 Å². The summed E-state index contributed by atoms with van der Waals surface area (Å²) < 4.78 is 15.4. The van der Waals surface area contributed by atoms with Crippen molar-refractivity contribution in [1.82, 2.24) is 0 Å². The molecule has 0 bridgehead atoms. The van der Waals surface area contributed by atoms with E-state index in [9.17, 15) is 9.18 Å². The monoisotopic (exact) mass is 310 g/mol. The lowest BCUT2D eigenvalue weighted by Gasteiger charge is -2.02. The summed E-state index contributed by atoms with van der Waals surface area (Å²) in [5.74, 6) is -0.403. The van der Waals surface area contributed by atoms with E-state index in [1.807, 2.05) is 17.5 Å². The highest BCUT2D eigenvalue weighted by molar-refractivity contribution is 7.27. The van der Waals surface area contributed by atoms with Gasteiger partial charge in [-0.3, -0.25) is 4.79 Å². The number of Topliss-reactive ketones (excluding diaryl/α,β-unsaturated/α-hetero) is 1. The number of carbonyl (C=O) groups is 1. The zero-order chi connectivity index (χ0) is 13.4. The third-order valence-corrected chi connectivity index (χ3v) is 5.28. The summed E-state index contributed by atoms with van der Waals surface area (Å²) in [5, 5.41) is 2.42. The molecule has 1 nitrogen and oxygen atoms in total. The Morgan fingerprint density at radius 1 is 1.21 bits per heavy atom. The predicted molar refractivity (Wildman–Crippen MR) is 79.1 cm³/mol. The van der Waals surface area contributed by atoms with E-state index >= 15 is 0 Å². The van der Waals surface area contributed by atoms with E-state index in [4.69, 9.17) is 11.6 Å². The minimum absolute atomic E-state index is 0.0269. The van der Waals surface area contributed by atoms with Crippen LogP contribution in [0.15, 0.2) is 35.7 Å². The van der Waals surface area contributed by atoms with Crippen LogP contribution in [0.25, 0.3) is 9.40 Å². The second-order valence-corrected chi connectivity index (χ2v) is 6.53. The van der Waals surface area contributed by atoms with Gasteiger partial charge in [-0.2, -0.15) is 0 Å². The third kappa shape index (κ3) is 2.56. The van der Waals surface area contributed by atoms with Gasteiger partial charge in [-0.05, 0) is 41.3 Å². The molecule has 0 N–H and O–H groups in total. The molecule has 1 aromatic carbocycles. The minimum Gasteiger partial charge on any atom is -0.293 e. The highest BCUT2D eigenvalue weighted by atomic mass is 35.5. The molecule has 0 spiro atoms. The van der Waals surface area contributed by atoms with Crippen LogP contribution in [0.5, 0.6) is 0 Å². The molecular formula is C14H8ClFOS2. The van der Waals surface area contributed by atoms with Crippen molar-refractivity contribution in [3.05, 3.63) is 57.0 Å². The first-order valence-corrected chi connectivity index (χ1v) is 7.65. The quantitative estimate of drug-likeness (QED) is 0.609. The van der Waals surface area contributed by atoms with E-state index in [2.05, 4.69) is 0 Å². The summed E-state index contributed by atoms with van der Waals surface area (Å²) in [6.45, 7) is 0. The van der Waals surface area contributed by atoms with Crippen LogP contribution < -0.4 is 0 Å². The lowest BCUT2D eigenvalue weighted by atomic mass is 10.1. The van der Waals surface area contributed by atoms with Crippen molar-refractivity contribution in [2.75, 3.05) is 0 Å². The number of carbonyl (C=O) groups excluding carboxylic acids is 1. The van der Waals surface area contributed by atoms with E-state index in [1.54, 1.807) is 11.3 Å². The topological polar surface area (TPSA) is 17.1 Å². The molecule has 0 saturated carbocycles. The van der Waals surface area contributed by atoms with Crippen LogP contribution in [0.4, 0.5) is 4.39 Å². The largest absolute Gasteiger partial charge is 0.293 e. The standard InChI is InChI=1S/C14H8ClFOS2/c15-10-2-1-9(16)5-8(10)6-11(17)13-7-14-12(19-13)3-4-18-14/h1-5,7H,6H2. The minimum atomic E-state index is -0.376. The predicted octanol–water partition coefficient (Wildman–Crippen LogP) is 5.18. The fourth-order valence-electron chi connectivity index (χ4n) is 1.84. The molecule has 0 atom stereocenters. The van der Waals surface area contributed by atoms with Crippen LogP contribution in [-0.4, -0.2) is 5.78 Å². The Morgan fingerprint density at radius 2 is 2.05 bits per heavy atom. The molecule has 0 aliphatic heterocycles. The Bertz CT molecular complexity index is 731. The molecule has 96 valence electrons. The summed E-state index contributed by atoms with van der Waals surface area (Å²) in [7, 11) is 0. The number of hydrogen-bond acceptors (Lipinski definition) is 3. The van der Waals surface area contributed by atoms with Gasteiger partial charge >= 0.3 is 0 Å². The average molecular weight is 311 g/mol. The van der Waals surface area contributed by atoms with Gasteiger partial charge in [0, 0.05) is 20.8 Å². The first-order chi connectivity index (χ1) is 9.13. The third-order valence-electron chi connectivity index (χ3n) is 2.77. The van der Waals surface area contributed by atoms with Crippen molar-refractivity contribution in [1.29, 1.82) is 0 Å². The number of benzene rings is 1. The van der Waals surface area contributed by atoms with Gasteiger partial charge in [-0.1, -0.05) is 11.6 Å². The molecule has 3 aromatic rings. The number of ketones is 1. The average Bonchev–Trinajstić information content (AvgIpc) is 2.94. The van der Waals surface area contributed by atoms with Crippen molar-refractivity contribution in [2.24, 2.45) is 0 Å². The summed E-state index contributed by atoms with van der Waals surface area (Å²) >= 11 is 9.05. The van der Waals surface area contributed by atoms with Crippen molar-refractivity contribution in [3.63, 3.8) is 0 Å². The number of halogens is 2. The second kappa shape index (κ2) is 5.04. The molecule has 0 unspecified atom stereocenters. The molecule has 0 aliphatic carbocycles. The number of fused-ring (bicyclic) bond motifs is 1.